The second kappa shape index (κ2) is 6.49. The van der Waals surface area contributed by atoms with E-state index in [4.69, 9.17) is 15.5 Å². The van der Waals surface area contributed by atoms with Gasteiger partial charge in [-0.1, -0.05) is 13.8 Å². The Bertz CT molecular complexity index is 1410. The molecule has 32 heavy (non-hydrogen) atoms. The van der Waals surface area contributed by atoms with Crippen LogP contribution >= 0.6 is 0 Å². The van der Waals surface area contributed by atoms with Crippen LogP contribution < -0.4 is 11.3 Å². The first-order valence-corrected chi connectivity index (χ1v) is 11.2. The number of hydrogen-bond acceptors (Lipinski definition) is 6. The summed E-state index contributed by atoms with van der Waals surface area (Å²) < 4.78 is 6.82. The number of fused-ring (bicyclic) bond motifs is 6. The quantitative estimate of drug-likeness (QED) is 0.473. The molecule has 2 atom stereocenters. The molecule has 0 saturated carbocycles. The molecule has 3 aromatic rings. The van der Waals surface area contributed by atoms with Gasteiger partial charge in [-0.15, -0.1) is 0 Å². The Morgan fingerprint density at radius 1 is 1.28 bits per heavy atom. The van der Waals surface area contributed by atoms with Gasteiger partial charge in [0, 0.05) is 23.1 Å². The lowest BCUT2D eigenvalue weighted by atomic mass is 9.86. The van der Waals surface area contributed by atoms with Crippen molar-refractivity contribution >= 4 is 16.9 Å². The smallest absolute Gasteiger partial charge is 0.343 e. The van der Waals surface area contributed by atoms with Gasteiger partial charge in [0.1, 0.15) is 6.61 Å². The van der Waals surface area contributed by atoms with Crippen molar-refractivity contribution in [3.63, 3.8) is 0 Å². The molecule has 2 aliphatic heterocycles. The highest BCUT2D eigenvalue weighted by molar-refractivity contribution is 5.90. The first-order chi connectivity index (χ1) is 15.4. The molecule has 0 saturated heterocycles. The van der Waals surface area contributed by atoms with Gasteiger partial charge in [0.05, 0.1) is 29.0 Å². The maximum atomic E-state index is 13.4. The van der Waals surface area contributed by atoms with Crippen molar-refractivity contribution in [2.45, 2.75) is 64.3 Å². The Balaban J connectivity index is 1.64. The van der Waals surface area contributed by atoms with Crippen LogP contribution in [0.1, 0.15) is 66.0 Å². The molecule has 2 aromatic heterocycles. The minimum Gasteiger partial charge on any atom is -0.458 e. The third kappa shape index (κ3) is 2.35. The van der Waals surface area contributed by atoms with E-state index in [1.807, 2.05) is 0 Å². The molecule has 4 heterocycles. The highest BCUT2D eigenvalue weighted by Gasteiger charge is 2.45. The van der Waals surface area contributed by atoms with Gasteiger partial charge < -0.3 is 20.1 Å². The lowest BCUT2D eigenvalue weighted by Crippen LogP contribution is -2.44. The fourth-order valence-corrected chi connectivity index (χ4v) is 5.70. The largest absolute Gasteiger partial charge is 0.458 e. The molecule has 1 aromatic carbocycles. The van der Waals surface area contributed by atoms with Gasteiger partial charge in [-0.05, 0) is 60.1 Å². The maximum absolute atomic E-state index is 13.4. The summed E-state index contributed by atoms with van der Waals surface area (Å²) in [6.45, 7) is 4.54. The van der Waals surface area contributed by atoms with Gasteiger partial charge in [-0.3, -0.25) is 4.79 Å². The molecule has 0 amide bonds. The second-order valence-corrected chi connectivity index (χ2v) is 9.23. The molecule has 0 fully saturated rings. The number of benzene rings is 1. The Morgan fingerprint density at radius 3 is 2.84 bits per heavy atom. The van der Waals surface area contributed by atoms with Crippen molar-refractivity contribution in [2.24, 2.45) is 5.73 Å². The van der Waals surface area contributed by atoms with Gasteiger partial charge >= 0.3 is 5.97 Å². The van der Waals surface area contributed by atoms with Crippen LogP contribution in [0.5, 0.6) is 0 Å². The fraction of sp³-hybridized carbons (Fsp3) is 0.400. The van der Waals surface area contributed by atoms with Gasteiger partial charge in [0.25, 0.3) is 5.56 Å². The number of aryl methyl sites for hydroxylation is 1. The second-order valence-electron chi connectivity index (χ2n) is 9.23. The molecule has 6 rings (SSSR count). The van der Waals surface area contributed by atoms with E-state index in [0.717, 1.165) is 34.9 Å². The number of carbonyl (C=O) groups is 1. The number of carbonyl (C=O) groups excluding carboxylic acids is 1. The highest BCUT2D eigenvalue weighted by Crippen LogP contribution is 2.42. The molecule has 1 aliphatic carbocycles. The van der Waals surface area contributed by atoms with Gasteiger partial charge in [0.2, 0.25) is 0 Å². The number of aliphatic hydroxyl groups is 1. The number of pyridine rings is 2. The summed E-state index contributed by atoms with van der Waals surface area (Å²) in [6.07, 6.45) is 2.30. The first kappa shape index (κ1) is 19.6. The molecule has 0 spiro atoms. The monoisotopic (exact) mass is 431 g/mol. The summed E-state index contributed by atoms with van der Waals surface area (Å²) >= 11 is 0. The molecule has 0 unspecified atom stereocenters. The number of aromatic nitrogens is 2. The third-order valence-electron chi connectivity index (χ3n) is 7.65. The average molecular weight is 431 g/mol. The zero-order valence-corrected chi connectivity index (χ0v) is 18.2. The molecule has 7 nitrogen and oxygen atoms in total. The normalized spacial score (nSPS) is 23.0. The number of hydrogen-bond donors (Lipinski definition) is 2. The number of cyclic esters (lactones) is 1. The average Bonchev–Trinajstić information content (AvgIpc) is 3.34. The van der Waals surface area contributed by atoms with Crippen molar-refractivity contribution in [1.29, 1.82) is 0 Å². The Kier molecular flexibility index (Phi) is 3.99. The van der Waals surface area contributed by atoms with Crippen LogP contribution in [0.2, 0.25) is 0 Å². The van der Waals surface area contributed by atoms with Crippen molar-refractivity contribution in [1.82, 2.24) is 9.55 Å². The van der Waals surface area contributed by atoms with E-state index in [1.165, 1.54) is 11.1 Å². The van der Waals surface area contributed by atoms with Crippen LogP contribution in [0.25, 0.3) is 22.3 Å². The first-order valence-electron chi connectivity index (χ1n) is 11.2. The van der Waals surface area contributed by atoms with Gasteiger partial charge in [-0.2, -0.15) is 0 Å². The minimum absolute atomic E-state index is 0.123. The maximum Gasteiger partial charge on any atom is 0.343 e. The summed E-state index contributed by atoms with van der Waals surface area (Å²) in [4.78, 5) is 30.7. The van der Waals surface area contributed by atoms with Gasteiger partial charge in [-0.25, -0.2) is 9.78 Å². The van der Waals surface area contributed by atoms with Crippen LogP contribution in [0.3, 0.4) is 0 Å². The summed E-state index contributed by atoms with van der Waals surface area (Å²) in [5, 5.41) is 12.1. The van der Waals surface area contributed by atoms with E-state index in [2.05, 4.69) is 19.1 Å². The van der Waals surface area contributed by atoms with E-state index in [1.54, 1.807) is 17.6 Å². The van der Waals surface area contributed by atoms with Crippen LogP contribution in [-0.2, 0) is 41.2 Å². The van der Waals surface area contributed by atoms with Crippen molar-refractivity contribution in [3.8, 4) is 11.4 Å². The van der Waals surface area contributed by atoms with E-state index in [9.17, 15) is 14.7 Å². The van der Waals surface area contributed by atoms with E-state index in [-0.39, 0.29) is 18.6 Å². The molecule has 0 bridgehead atoms. The molecule has 7 heteroatoms. The third-order valence-corrected chi connectivity index (χ3v) is 7.65. The Hall–Kier alpha value is -3.03. The lowest BCUT2D eigenvalue weighted by molar-refractivity contribution is -0.172. The number of nitrogens with two attached hydrogens (primary N) is 1. The number of ether oxygens (including phenoxy) is 1. The van der Waals surface area contributed by atoms with Crippen molar-refractivity contribution < 1.29 is 14.6 Å². The van der Waals surface area contributed by atoms with Gasteiger partial charge in [0.15, 0.2) is 5.60 Å². The van der Waals surface area contributed by atoms with Crippen LogP contribution in [0, 0.1) is 0 Å². The Labute approximate surface area is 184 Å². The van der Waals surface area contributed by atoms with E-state index >= 15 is 0 Å². The summed E-state index contributed by atoms with van der Waals surface area (Å²) in [6, 6.07) is 6.14. The molecule has 3 N–H and O–H groups in total. The number of nitrogens with zero attached hydrogens (tertiary/aromatic N) is 2. The van der Waals surface area contributed by atoms with E-state index in [0.29, 0.717) is 41.5 Å². The summed E-state index contributed by atoms with van der Waals surface area (Å²) in [5.41, 5.74) is 11.7. The zero-order chi connectivity index (χ0) is 22.4. The molecule has 0 radical (unpaired) electrons. The predicted molar refractivity (Wildman–Crippen MR) is 119 cm³/mol. The van der Waals surface area contributed by atoms with Crippen molar-refractivity contribution in [2.75, 3.05) is 0 Å². The predicted octanol–water partition coefficient (Wildman–Crippen LogP) is 2.59. The van der Waals surface area contributed by atoms with Crippen molar-refractivity contribution in [3.05, 3.63) is 61.9 Å². The SMILES string of the molecule is CC[C@@]1(O)C(=O)OCc2c1cc1n(c2=O)Cc2c-1nc1cc3c(cc1c2CN)[C@@H](C)CC3. The standard InChI is InChI=1S/C25H25N3O4/c1-3-25(31)19-8-21-22-17(10-28(21)23(29)18(19)11-32-24(25)30)16(9-26)15-7-14-12(2)4-5-13(14)6-20(15)27-22/h6-8,12,31H,3-5,9-11,26H2,1-2H3/t12-,25-/m0/s1. The molecular weight excluding hydrogens is 406 g/mol. The molecular formula is C25H25N3O4. The van der Waals surface area contributed by atoms with Crippen LogP contribution in [-0.4, -0.2) is 20.6 Å². The molecule has 3 aliphatic rings. The van der Waals surface area contributed by atoms with Crippen LogP contribution in [0.15, 0.2) is 23.0 Å². The topological polar surface area (TPSA) is 107 Å². The zero-order valence-electron chi connectivity index (χ0n) is 18.2. The Morgan fingerprint density at radius 2 is 2.09 bits per heavy atom. The fourth-order valence-electron chi connectivity index (χ4n) is 5.70. The summed E-state index contributed by atoms with van der Waals surface area (Å²) in [5.74, 6) is -0.196. The van der Waals surface area contributed by atoms with Crippen LogP contribution in [0.4, 0.5) is 0 Å². The highest BCUT2D eigenvalue weighted by atomic mass is 16.6. The number of rotatable bonds is 2. The molecule has 164 valence electrons. The summed E-state index contributed by atoms with van der Waals surface area (Å²) in [7, 11) is 0. The number of esters is 1. The van der Waals surface area contributed by atoms with E-state index < -0.39 is 11.6 Å². The minimum atomic E-state index is -1.82. The lowest BCUT2D eigenvalue weighted by Gasteiger charge is -2.31.